The molecule has 114 valence electrons. The Balaban J connectivity index is 2.36. The Morgan fingerprint density at radius 3 is 2.95 bits per heavy atom. The van der Waals surface area contributed by atoms with Gasteiger partial charge in [-0.15, -0.1) is 0 Å². The predicted octanol–water partition coefficient (Wildman–Crippen LogP) is 1.00. The highest BCUT2D eigenvalue weighted by Gasteiger charge is 2.41. The zero-order valence-corrected chi connectivity index (χ0v) is 12.4. The zero-order valence-electron chi connectivity index (χ0n) is 12.4. The van der Waals surface area contributed by atoms with Gasteiger partial charge in [-0.1, -0.05) is 0 Å². The minimum atomic E-state index is -1.01. The summed E-state index contributed by atoms with van der Waals surface area (Å²) < 4.78 is 14.3. The van der Waals surface area contributed by atoms with E-state index in [2.05, 4.69) is 15.6 Å². The third kappa shape index (κ3) is 2.68. The molecular formula is C14H19FN4O2. The van der Waals surface area contributed by atoms with Crippen molar-refractivity contribution in [3.63, 3.8) is 0 Å². The molecule has 21 heavy (non-hydrogen) atoms. The number of pyridine rings is 1. The summed E-state index contributed by atoms with van der Waals surface area (Å²) in [5, 5.41) is 5.47. The monoisotopic (exact) mass is 294 g/mol. The number of aromatic nitrogens is 1. The lowest BCUT2D eigenvalue weighted by Crippen LogP contribution is -2.63. The number of piperazine rings is 1. The van der Waals surface area contributed by atoms with Crippen LogP contribution in [0.5, 0.6) is 0 Å². The SMILES string of the molecule is CCNc1nccc(C(=O)N2CCNC(=O)C2(C)C)c1F. The minimum absolute atomic E-state index is 0.0441. The van der Waals surface area contributed by atoms with E-state index in [1.807, 2.05) is 6.92 Å². The summed E-state index contributed by atoms with van der Waals surface area (Å²) in [7, 11) is 0. The molecule has 2 N–H and O–H groups in total. The Morgan fingerprint density at radius 1 is 1.57 bits per heavy atom. The molecule has 0 aromatic carbocycles. The highest BCUT2D eigenvalue weighted by Crippen LogP contribution is 2.23. The number of hydrogen-bond acceptors (Lipinski definition) is 4. The molecule has 7 heteroatoms. The molecule has 0 atom stereocenters. The average Bonchev–Trinajstić information content (AvgIpc) is 2.44. The van der Waals surface area contributed by atoms with E-state index in [1.54, 1.807) is 13.8 Å². The van der Waals surface area contributed by atoms with E-state index in [4.69, 9.17) is 0 Å². The van der Waals surface area contributed by atoms with Crippen LogP contribution in [0.25, 0.3) is 0 Å². The van der Waals surface area contributed by atoms with Crippen molar-refractivity contribution in [1.82, 2.24) is 15.2 Å². The number of carbonyl (C=O) groups is 2. The molecule has 0 radical (unpaired) electrons. The van der Waals surface area contributed by atoms with Gasteiger partial charge in [0, 0.05) is 25.8 Å². The van der Waals surface area contributed by atoms with Gasteiger partial charge < -0.3 is 15.5 Å². The lowest BCUT2D eigenvalue weighted by molar-refractivity contribution is -0.133. The second-order valence-corrected chi connectivity index (χ2v) is 5.32. The van der Waals surface area contributed by atoms with Crippen LogP contribution < -0.4 is 10.6 Å². The summed E-state index contributed by atoms with van der Waals surface area (Å²) >= 11 is 0. The molecule has 1 saturated heterocycles. The van der Waals surface area contributed by atoms with Crippen LogP contribution >= 0.6 is 0 Å². The number of carbonyl (C=O) groups excluding carboxylic acids is 2. The first-order valence-electron chi connectivity index (χ1n) is 6.88. The molecule has 2 rings (SSSR count). The van der Waals surface area contributed by atoms with Crippen LogP contribution in [-0.2, 0) is 4.79 Å². The van der Waals surface area contributed by atoms with E-state index in [0.717, 1.165) is 0 Å². The maximum Gasteiger partial charge on any atom is 0.257 e. The van der Waals surface area contributed by atoms with Gasteiger partial charge in [0.15, 0.2) is 11.6 Å². The van der Waals surface area contributed by atoms with Crippen molar-refractivity contribution in [1.29, 1.82) is 0 Å². The Hall–Kier alpha value is -2.18. The van der Waals surface area contributed by atoms with Gasteiger partial charge in [-0.05, 0) is 26.8 Å². The van der Waals surface area contributed by atoms with Crippen molar-refractivity contribution < 1.29 is 14.0 Å². The number of nitrogens with zero attached hydrogens (tertiary/aromatic N) is 2. The first-order valence-corrected chi connectivity index (χ1v) is 6.88. The molecule has 0 unspecified atom stereocenters. The summed E-state index contributed by atoms with van der Waals surface area (Å²) in [6, 6.07) is 1.33. The molecular weight excluding hydrogens is 275 g/mol. The number of halogens is 1. The maximum atomic E-state index is 14.3. The Kier molecular flexibility index (Phi) is 4.11. The quantitative estimate of drug-likeness (QED) is 0.872. The summed E-state index contributed by atoms with van der Waals surface area (Å²) in [5.41, 5.74) is -1.09. The van der Waals surface area contributed by atoms with Gasteiger partial charge in [0.05, 0.1) is 5.56 Å². The van der Waals surface area contributed by atoms with Crippen molar-refractivity contribution in [3.05, 3.63) is 23.6 Å². The van der Waals surface area contributed by atoms with Crippen molar-refractivity contribution >= 4 is 17.6 Å². The van der Waals surface area contributed by atoms with Gasteiger partial charge >= 0.3 is 0 Å². The van der Waals surface area contributed by atoms with E-state index in [9.17, 15) is 14.0 Å². The van der Waals surface area contributed by atoms with Crippen LogP contribution in [0, 0.1) is 5.82 Å². The van der Waals surface area contributed by atoms with Crippen molar-refractivity contribution in [2.75, 3.05) is 25.0 Å². The van der Waals surface area contributed by atoms with Crippen molar-refractivity contribution in [2.45, 2.75) is 26.3 Å². The third-order valence-electron chi connectivity index (χ3n) is 3.56. The van der Waals surface area contributed by atoms with Crippen LogP contribution in [0.2, 0.25) is 0 Å². The van der Waals surface area contributed by atoms with Crippen LogP contribution in [0.4, 0.5) is 10.2 Å². The second-order valence-electron chi connectivity index (χ2n) is 5.32. The number of hydrogen-bond donors (Lipinski definition) is 2. The van der Waals surface area contributed by atoms with Crippen LogP contribution in [-0.4, -0.2) is 46.9 Å². The van der Waals surface area contributed by atoms with E-state index in [-0.39, 0.29) is 17.3 Å². The Labute approximate surface area is 122 Å². The van der Waals surface area contributed by atoms with E-state index >= 15 is 0 Å². The molecule has 2 amide bonds. The smallest absolute Gasteiger partial charge is 0.257 e. The lowest BCUT2D eigenvalue weighted by Gasteiger charge is -2.41. The van der Waals surface area contributed by atoms with Gasteiger partial charge in [-0.2, -0.15) is 0 Å². The van der Waals surface area contributed by atoms with Crippen LogP contribution in [0.3, 0.4) is 0 Å². The topological polar surface area (TPSA) is 74.3 Å². The molecule has 1 aliphatic heterocycles. The van der Waals surface area contributed by atoms with Gasteiger partial charge in [-0.3, -0.25) is 9.59 Å². The van der Waals surface area contributed by atoms with E-state index in [1.165, 1.54) is 17.2 Å². The van der Waals surface area contributed by atoms with Gasteiger partial charge in [0.2, 0.25) is 5.91 Å². The summed E-state index contributed by atoms with van der Waals surface area (Å²) in [6.07, 6.45) is 1.38. The second kappa shape index (κ2) is 5.67. The predicted molar refractivity (Wildman–Crippen MR) is 76.5 cm³/mol. The van der Waals surface area contributed by atoms with Gasteiger partial charge in [-0.25, -0.2) is 9.37 Å². The molecule has 0 bridgehead atoms. The van der Waals surface area contributed by atoms with Crippen LogP contribution in [0.15, 0.2) is 12.3 Å². The maximum absolute atomic E-state index is 14.3. The first-order chi connectivity index (χ1) is 9.89. The van der Waals surface area contributed by atoms with Gasteiger partial charge in [0.1, 0.15) is 5.54 Å². The number of nitrogens with one attached hydrogen (secondary N) is 2. The normalized spacial score (nSPS) is 17.3. The largest absolute Gasteiger partial charge is 0.368 e. The van der Waals surface area contributed by atoms with E-state index < -0.39 is 17.3 Å². The molecule has 1 aromatic rings. The average molecular weight is 294 g/mol. The van der Waals surface area contributed by atoms with E-state index in [0.29, 0.717) is 19.6 Å². The number of rotatable bonds is 3. The fourth-order valence-corrected chi connectivity index (χ4v) is 2.30. The molecule has 0 aliphatic carbocycles. The van der Waals surface area contributed by atoms with Crippen molar-refractivity contribution in [2.24, 2.45) is 0 Å². The molecule has 1 fully saturated rings. The van der Waals surface area contributed by atoms with Crippen molar-refractivity contribution in [3.8, 4) is 0 Å². The molecule has 0 spiro atoms. The van der Waals surface area contributed by atoms with Crippen LogP contribution in [0.1, 0.15) is 31.1 Å². The Morgan fingerprint density at radius 2 is 2.29 bits per heavy atom. The third-order valence-corrected chi connectivity index (χ3v) is 3.56. The first kappa shape index (κ1) is 15.2. The summed E-state index contributed by atoms with van der Waals surface area (Å²) in [4.78, 5) is 29.7. The summed E-state index contributed by atoms with van der Waals surface area (Å²) in [6.45, 7) is 6.30. The highest BCUT2D eigenvalue weighted by molar-refractivity contribution is 6.00. The Bertz CT molecular complexity index is 574. The fourth-order valence-electron chi connectivity index (χ4n) is 2.30. The molecule has 2 heterocycles. The number of anilines is 1. The molecule has 6 nitrogen and oxygen atoms in total. The lowest BCUT2D eigenvalue weighted by atomic mass is 9.97. The number of amides is 2. The van der Waals surface area contributed by atoms with Gasteiger partial charge in [0.25, 0.3) is 5.91 Å². The fraction of sp³-hybridized carbons (Fsp3) is 0.500. The zero-order chi connectivity index (χ0) is 15.6. The standard InChI is InChI=1S/C14H19FN4O2/c1-4-16-11-10(15)9(5-6-17-11)12(20)19-8-7-18-13(21)14(19,2)3/h5-6H,4,7-8H2,1-3H3,(H,16,17)(H,18,21). The molecule has 1 aromatic heterocycles. The minimum Gasteiger partial charge on any atom is -0.368 e. The summed E-state index contributed by atoms with van der Waals surface area (Å²) in [5.74, 6) is -1.40. The molecule has 0 saturated carbocycles. The molecule has 1 aliphatic rings. The highest BCUT2D eigenvalue weighted by atomic mass is 19.1.